The van der Waals surface area contributed by atoms with E-state index in [1.165, 1.54) is 5.56 Å². The lowest BCUT2D eigenvalue weighted by Gasteiger charge is -2.40. The molecule has 98 valence electrons. The molecular weight excluding hydrogens is 224 g/mol. The second-order valence-electron chi connectivity index (χ2n) is 5.01. The number of benzene rings is 1. The molecule has 3 heteroatoms. The molecule has 1 fully saturated rings. The van der Waals surface area contributed by atoms with Gasteiger partial charge in [0.25, 0.3) is 0 Å². The second kappa shape index (κ2) is 6.01. The van der Waals surface area contributed by atoms with Gasteiger partial charge < -0.3 is 10.6 Å². The first kappa shape index (κ1) is 13.1. The molecule has 1 aliphatic rings. The number of carbonyl (C=O) groups is 1. The van der Waals surface area contributed by atoms with Gasteiger partial charge in [-0.25, -0.2) is 0 Å². The summed E-state index contributed by atoms with van der Waals surface area (Å²) in [6.45, 7) is 1.70. The van der Waals surface area contributed by atoms with Gasteiger partial charge in [-0.05, 0) is 38.4 Å². The van der Waals surface area contributed by atoms with E-state index >= 15 is 0 Å². The van der Waals surface area contributed by atoms with Crippen LogP contribution in [0.4, 0.5) is 0 Å². The van der Waals surface area contributed by atoms with Crippen LogP contribution in [0.1, 0.15) is 31.2 Å². The third-order valence-electron chi connectivity index (χ3n) is 3.86. The van der Waals surface area contributed by atoms with Crippen molar-refractivity contribution < 1.29 is 4.79 Å². The molecular formula is C15H22N2O. The van der Waals surface area contributed by atoms with Gasteiger partial charge in [-0.2, -0.15) is 0 Å². The van der Waals surface area contributed by atoms with E-state index in [1.807, 2.05) is 25.2 Å². The number of amides is 1. The molecule has 2 rings (SSSR count). The molecule has 0 heterocycles. The van der Waals surface area contributed by atoms with E-state index in [1.54, 1.807) is 0 Å². The summed E-state index contributed by atoms with van der Waals surface area (Å²) in [5.74, 6) is 0.205. The molecule has 0 saturated heterocycles. The molecule has 0 atom stereocenters. The number of nitrogens with one attached hydrogen (secondary N) is 2. The molecule has 2 N–H and O–H groups in total. The molecule has 1 amide bonds. The average Bonchev–Trinajstić information content (AvgIpc) is 2.35. The molecule has 1 aromatic carbocycles. The van der Waals surface area contributed by atoms with E-state index in [9.17, 15) is 4.79 Å². The van der Waals surface area contributed by atoms with Crippen molar-refractivity contribution in [2.75, 3.05) is 20.1 Å². The molecule has 0 aromatic heterocycles. The van der Waals surface area contributed by atoms with E-state index in [2.05, 4.69) is 22.8 Å². The lowest BCUT2D eigenvalue weighted by atomic mass is 9.64. The van der Waals surface area contributed by atoms with E-state index in [0.29, 0.717) is 0 Å². The number of hydrogen-bond donors (Lipinski definition) is 2. The van der Waals surface area contributed by atoms with Gasteiger partial charge in [-0.3, -0.25) is 4.79 Å². The highest BCUT2D eigenvalue weighted by atomic mass is 16.2. The minimum Gasteiger partial charge on any atom is -0.355 e. The molecule has 1 aliphatic carbocycles. The Labute approximate surface area is 109 Å². The number of carbonyl (C=O) groups excluding carboxylic acids is 1. The van der Waals surface area contributed by atoms with E-state index in [-0.39, 0.29) is 11.3 Å². The molecule has 3 nitrogen and oxygen atoms in total. The summed E-state index contributed by atoms with van der Waals surface area (Å²) in [6.07, 6.45) is 4.09. The molecule has 1 aromatic rings. The molecule has 1 saturated carbocycles. The second-order valence-corrected chi connectivity index (χ2v) is 5.01. The zero-order valence-electron chi connectivity index (χ0n) is 11.0. The molecule has 0 unspecified atom stereocenters. The van der Waals surface area contributed by atoms with E-state index < -0.39 is 0 Å². The van der Waals surface area contributed by atoms with Crippen molar-refractivity contribution in [3.05, 3.63) is 35.9 Å². The van der Waals surface area contributed by atoms with Crippen LogP contribution in [0.3, 0.4) is 0 Å². The Morgan fingerprint density at radius 1 is 1.22 bits per heavy atom. The molecule has 18 heavy (non-hydrogen) atoms. The summed E-state index contributed by atoms with van der Waals surface area (Å²) < 4.78 is 0. The highest BCUT2D eigenvalue weighted by Gasteiger charge is 2.45. The third kappa shape index (κ3) is 2.56. The van der Waals surface area contributed by atoms with Crippen LogP contribution in [-0.4, -0.2) is 26.0 Å². The predicted octanol–water partition coefficient (Wildman–Crippen LogP) is 1.83. The van der Waals surface area contributed by atoms with Crippen LogP contribution in [0.15, 0.2) is 30.3 Å². The van der Waals surface area contributed by atoms with Gasteiger partial charge >= 0.3 is 0 Å². The van der Waals surface area contributed by atoms with Gasteiger partial charge in [0.15, 0.2) is 0 Å². The Balaban J connectivity index is 1.98. The summed E-state index contributed by atoms with van der Waals surface area (Å²) in [4.78, 5) is 12.4. The first-order chi connectivity index (χ1) is 8.79. The first-order valence-electron chi connectivity index (χ1n) is 6.78. The standard InChI is InChI=1S/C15H22N2O/c1-16-11-6-12-17-14(18)15(9-5-10-15)13-7-3-2-4-8-13/h2-4,7-8,16H,5-6,9-12H2,1H3,(H,17,18). The van der Waals surface area contributed by atoms with Crippen molar-refractivity contribution in [1.82, 2.24) is 10.6 Å². The zero-order valence-corrected chi connectivity index (χ0v) is 11.0. The highest BCUT2D eigenvalue weighted by molar-refractivity contribution is 5.89. The largest absolute Gasteiger partial charge is 0.355 e. The van der Waals surface area contributed by atoms with Crippen LogP contribution in [0, 0.1) is 0 Å². The Hall–Kier alpha value is -1.35. The van der Waals surface area contributed by atoms with Crippen LogP contribution in [0.2, 0.25) is 0 Å². The van der Waals surface area contributed by atoms with Crippen LogP contribution in [0.5, 0.6) is 0 Å². The van der Waals surface area contributed by atoms with Crippen molar-refractivity contribution in [3.8, 4) is 0 Å². The first-order valence-corrected chi connectivity index (χ1v) is 6.78. The Morgan fingerprint density at radius 3 is 2.50 bits per heavy atom. The topological polar surface area (TPSA) is 41.1 Å². The van der Waals surface area contributed by atoms with Crippen molar-refractivity contribution >= 4 is 5.91 Å². The normalized spacial score (nSPS) is 16.9. The fraction of sp³-hybridized carbons (Fsp3) is 0.533. The highest BCUT2D eigenvalue weighted by Crippen LogP contribution is 2.43. The van der Waals surface area contributed by atoms with Gasteiger partial charge in [0.05, 0.1) is 5.41 Å². The van der Waals surface area contributed by atoms with E-state index in [4.69, 9.17) is 0 Å². The predicted molar refractivity (Wildman–Crippen MR) is 73.5 cm³/mol. The SMILES string of the molecule is CNCCCNC(=O)C1(c2ccccc2)CCC1. The van der Waals surface area contributed by atoms with Crippen LogP contribution in [-0.2, 0) is 10.2 Å². The number of rotatable bonds is 6. The maximum atomic E-state index is 12.4. The maximum absolute atomic E-state index is 12.4. The Morgan fingerprint density at radius 2 is 1.94 bits per heavy atom. The lowest BCUT2D eigenvalue weighted by Crippen LogP contribution is -2.49. The van der Waals surface area contributed by atoms with Gasteiger partial charge in [-0.15, -0.1) is 0 Å². The van der Waals surface area contributed by atoms with E-state index in [0.717, 1.165) is 38.8 Å². The van der Waals surface area contributed by atoms with Gasteiger partial charge in [0.2, 0.25) is 5.91 Å². The Bertz CT molecular complexity index is 385. The van der Waals surface area contributed by atoms with Gasteiger partial charge in [-0.1, -0.05) is 36.8 Å². The molecule has 0 aliphatic heterocycles. The lowest BCUT2D eigenvalue weighted by molar-refractivity contribution is -0.129. The monoisotopic (exact) mass is 246 g/mol. The molecule has 0 spiro atoms. The fourth-order valence-electron chi connectivity index (χ4n) is 2.57. The number of hydrogen-bond acceptors (Lipinski definition) is 2. The van der Waals surface area contributed by atoms with Crippen molar-refractivity contribution in [1.29, 1.82) is 0 Å². The smallest absolute Gasteiger partial charge is 0.230 e. The zero-order chi connectivity index (χ0) is 12.8. The Kier molecular flexibility index (Phi) is 4.37. The summed E-state index contributed by atoms with van der Waals surface area (Å²) in [7, 11) is 1.93. The van der Waals surface area contributed by atoms with Crippen LogP contribution in [0.25, 0.3) is 0 Å². The minimum atomic E-state index is -0.249. The molecule has 0 radical (unpaired) electrons. The maximum Gasteiger partial charge on any atom is 0.230 e. The van der Waals surface area contributed by atoms with Gasteiger partial charge in [0.1, 0.15) is 0 Å². The minimum absolute atomic E-state index is 0.205. The average molecular weight is 246 g/mol. The summed E-state index contributed by atoms with van der Waals surface area (Å²) >= 11 is 0. The van der Waals surface area contributed by atoms with Gasteiger partial charge in [0, 0.05) is 6.54 Å². The fourth-order valence-corrected chi connectivity index (χ4v) is 2.57. The summed E-state index contributed by atoms with van der Waals surface area (Å²) in [5, 5.41) is 6.17. The summed E-state index contributed by atoms with van der Waals surface area (Å²) in [5.41, 5.74) is 0.920. The molecule has 0 bridgehead atoms. The third-order valence-corrected chi connectivity index (χ3v) is 3.86. The summed E-state index contributed by atoms with van der Waals surface area (Å²) in [6, 6.07) is 10.2. The van der Waals surface area contributed by atoms with Crippen molar-refractivity contribution in [2.45, 2.75) is 31.1 Å². The quantitative estimate of drug-likeness (QED) is 0.752. The van der Waals surface area contributed by atoms with Crippen molar-refractivity contribution in [3.63, 3.8) is 0 Å². The van der Waals surface area contributed by atoms with Crippen LogP contribution >= 0.6 is 0 Å². The van der Waals surface area contributed by atoms with Crippen molar-refractivity contribution in [2.24, 2.45) is 0 Å². The van der Waals surface area contributed by atoms with Crippen LogP contribution < -0.4 is 10.6 Å².